The zero-order valence-electron chi connectivity index (χ0n) is 11.5. The van der Waals surface area contributed by atoms with Crippen LogP contribution in [0.4, 0.5) is 0 Å². The van der Waals surface area contributed by atoms with Crippen molar-refractivity contribution in [2.24, 2.45) is 11.8 Å². The maximum Gasteiger partial charge on any atom is 0.327 e. The fourth-order valence-corrected chi connectivity index (χ4v) is 3.09. The van der Waals surface area contributed by atoms with Crippen molar-refractivity contribution in [3.05, 3.63) is 33.0 Å². The third kappa shape index (κ3) is 2.98. The molecular formula is C15H21N3O4. The van der Waals surface area contributed by atoms with Gasteiger partial charge >= 0.3 is 11.7 Å². The van der Waals surface area contributed by atoms with Gasteiger partial charge in [-0.3, -0.25) is 14.2 Å². The van der Waals surface area contributed by atoms with Crippen LogP contribution in [0.5, 0.6) is 0 Å². The van der Waals surface area contributed by atoms with Gasteiger partial charge in [-0.15, -0.1) is 0 Å². The van der Waals surface area contributed by atoms with Gasteiger partial charge in [0.15, 0.2) is 0 Å². The molecule has 0 unspecified atom stereocenters. The Morgan fingerprint density at radius 1 is 1.18 bits per heavy atom. The van der Waals surface area contributed by atoms with Crippen molar-refractivity contribution in [2.75, 3.05) is 0 Å². The van der Waals surface area contributed by atoms with Crippen molar-refractivity contribution in [1.82, 2.24) is 14.5 Å². The zero-order chi connectivity index (χ0) is 15.0. The number of hydrogen-bond donors (Lipinski definition) is 3. The number of carbonyl (C=O) groups is 1. The van der Waals surface area contributed by atoms with Crippen LogP contribution in [0.2, 0.25) is 0 Å². The van der Waals surface area contributed by atoms with Crippen LogP contribution in [-0.4, -0.2) is 25.6 Å². The highest BCUT2D eigenvalue weighted by Gasteiger charge is 2.26. The molecular weight excluding hydrogens is 286 g/mol. The summed E-state index contributed by atoms with van der Waals surface area (Å²) in [5, 5.41) is 9.00. The molecule has 2 heterocycles. The molecule has 1 saturated carbocycles. The van der Waals surface area contributed by atoms with Crippen LogP contribution in [0, 0.1) is 11.8 Å². The van der Waals surface area contributed by atoms with Crippen LogP contribution >= 0.6 is 0 Å². The van der Waals surface area contributed by atoms with Gasteiger partial charge in [-0.1, -0.05) is 7.43 Å². The molecule has 1 fully saturated rings. The molecule has 0 radical (unpaired) electrons. The summed E-state index contributed by atoms with van der Waals surface area (Å²) in [4.78, 5) is 39.7. The number of aromatic amines is 2. The quantitative estimate of drug-likeness (QED) is 0.799. The van der Waals surface area contributed by atoms with Crippen molar-refractivity contribution >= 4 is 17.1 Å². The van der Waals surface area contributed by atoms with Crippen LogP contribution in [0.25, 0.3) is 11.2 Å². The second-order valence-corrected chi connectivity index (χ2v) is 5.68. The molecule has 0 bridgehead atoms. The van der Waals surface area contributed by atoms with Gasteiger partial charge < -0.3 is 15.1 Å². The lowest BCUT2D eigenvalue weighted by molar-refractivity contribution is -0.143. The Hall–Kier alpha value is -2.31. The van der Waals surface area contributed by atoms with E-state index in [-0.39, 0.29) is 30.5 Å². The summed E-state index contributed by atoms with van der Waals surface area (Å²) in [6.07, 6.45) is 2.86. The predicted molar refractivity (Wildman–Crippen MR) is 83.0 cm³/mol. The first kappa shape index (κ1) is 16.1. The average molecular weight is 307 g/mol. The Morgan fingerprint density at radius 3 is 2.50 bits per heavy atom. The molecule has 22 heavy (non-hydrogen) atoms. The summed E-state index contributed by atoms with van der Waals surface area (Å²) in [6.45, 7) is 0.505. The van der Waals surface area contributed by atoms with Crippen molar-refractivity contribution in [1.29, 1.82) is 0 Å². The normalized spacial score (nSPS) is 21.5. The number of carboxylic acid groups (broad SMARTS) is 1. The molecule has 0 aliphatic heterocycles. The number of aliphatic carboxylic acids is 1. The van der Waals surface area contributed by atoms with Gasteiger partial charge in [0, 0.05) is 12.6 Å². The van der Waals surface area contributed by atoms with Crippen LogP contribution in [0.1, 0.15) is 33.1 Å². The van der Waals surface area contributed by atoms with Gasteiger partial charge in [-0.05, 0) is 37.7 Å². The number of nitrogens with one attached hydrogen (secondary N) is 2. The van der Waals surface area contributed by atoms with E-state index in [9.17, 15) is 14.4 Å². The number of H-pyrrole nitrogens is 2. The zero-order valence-corrected chi connectivity index (χ0v) is 11.5. The summed E-state index contributed by atoms with van der Waals surface area (Å²) in [5.41, 5.74) is 0.628. The molecule has 0 spiro atoms. The van der Waals surface area contributed by atoms with Gasteiger partial charge in [-0.25, -0.2) is 4.79 Å². The van der Waals surface area contributed by atoms with E-state index in [1.54, 1.807) is 10.6 Å². The molecule has 7 nitrogen and oxygen atoms in total. The number of fused-ring (bicyclic) bond motifs is 1. The molecule has 3 N–H and O–H groups in total. The summed E-state index contributed by atoms with van der Waals surface area (Å²) >= 11 is 0. The average Bonchev–Trinajstić information content (AvgIpc) is 2.76. The molecule has 1 aliphatic rings. The maximum absolute atomic E-state index is 12.0. The number of nitrogens with zero attached hydrogens (tertiary/aromatic N) is 1. The first-order valence-electron chi connectivity index (χ1n) is 7.09. The second kappa shape index (κ2) is 6.21. The summed E-state index contributed by atoms with van der Waals surface area (Å²) in [5.74, 6) is -0.733. The van der Waals surface area contributed by atoms with E-state index in [4.69, 9.17) is 5.11 Å². The lowest BCUT2D eigenvalue weighted by Crippen LogP contribution is -2.27. The Morgan fingerprint density at radius 2 is 1.86 bits per heavy atom. The largest absolute Gasteiger partial charge is 0.481 e. The molecule has 0 amide bonds. The van der Waals surface area contributed by atoms with Crippen LogP contribution in [-0.2, 0) is 11.3 Å². The van der Waals surface area contributed by atoms with Crippen molar-refractivity contribution in [3.8, 4) is 0 Å². The third-order valence-electron chi connectivity index (χ3n) is 4.29. The molecule has 0 saturated heterocycles. The summed E-state index contributed by atoms with van der Waals surface area (Å²) in [6, 6.07) is 2.97. The number of hydrogen-bond acceptors (Lipinski definition) is 3. The predicted octanol–water partition coefficient (Wildman–Crippen LogP) is 1.54. The van der Waals surface area contributed by atoms with E-state index >= 15 is 0 Å². The highest BCUT2D eigenvalue weighted by atomic mass is 16.4. The van der Waals surface area contributed by atoms with Gasteiger partial charge in [0.2, 0.25) is 5.56 Å². The monoisotopic (exact) mass is 307 g/mol. The number of imidazole rings is 1. The van der Waals surface area contributed by atoms with E-state index in [1.165, 1.54) is 6.07 Å². The Bertz CT molecular complexity index is 778. The number of rotatable bonds is 3. The molecule has 0 aromatic carbocycles. The molecule has 1 aliphatic carbocycles. The lowest BCUT2D eigenvalue weighted by Gasteiger charge is -2.26. The summed E-state index contributed by atoms with van der Waals surface area (Å²) < 4.78 is 1.54. The number of aromatic nitrogens is 3. The minimum absolute atomic E-state index is 0. The Kier molecular flexibility index (Phi) is 4.54. The van der Waals surface area contributed by atoms with E-state index in [0.717, 1.165) is 12.8 Å². The van der Waals surface area contributed by atoms with E-state index < -0.39 is 5.97 Å². The van der Waals surface area contributed by atoms with Crippen molar-refractivity contribution < 1.29 is 9.90 Å². The van der Waals surface area contributed by atoms with E-state index in [1.807, 2.05) is 0 Å². The Labute approximate surface area is 127 Å². The molecule has 3 rings (SSSR count). The van der Waals surface area contributed by atoms with Gasteiger partial charge in [0.1, 0.15) is 5.65 Å². The SMILES string of the molecule is C.O=C(O)C1CCC(Cn2c(=O)[nH]c3ccc(=O)[nH]c32)CC1. The minimum Gasteiger partial charge on any atom is -0.481 e. The topological polar surface area (TPSA) is 108 Å². The molecule has 2 aromatic heterocycles. The summed E-state index contributed by atoms with van der Waals surface area (Å²) in [7, 11) is 0. The number of carboxylic acids is 1. The smallest absolute Gasteiger partial charge is 0.327 e. The van der Waals surface area contributed by atoms with Crippen LogP contribution in [0.3, 0.4) is 0 Å². The third-order valence-corrected chi connectivity index (χ3v) is 4.29. The highest BCUT2D eigenvalue weighted by molar-refractivity contribution is 5.70. The molecule has 120 valence electrons. The van der Waals surface area contributed by atoms with Crippen LogP contribution in [0.15, 0.2) is 21.7 Å². The van der Waals surface area contributed by atoms with Gasteiger partial charge in [0.05, 0.1) is 11.4 Å². The van der Waals surface area contributed by atoms with Gasteiger partial charge in [0.25, 0.3) is 0 Å². The highest BCUT2D eigenvalue weighted by Crippen LogP contribution is 2.30. The lowest BCUT2D eigenvalue weighted by atomic mass is 9.82. The second-order valence-electron chi connectivity index (χ2n) is 5.68. The van der Waals surface area contributed by atoms with Crippen molar-refractivity contribution in [2.45, 2.75) is 39.7 Å². The van der Waals surface area contributed by atoms with Crippen LogP contribution < -0.4 is 11.2 Å². The molecule has 2 aromatic rings. The number of pyridine rings is 1. The first-order chi connectivity index (χ1) is 10.0. The standard InChI is InChI=1S/C14H17N3O4.CH4/c18-11-6-5-10-12(16-11)17(14(21)15-10)7-8-1-3-9(4-2-8)13(19)20;/h5-6,8-9H,1-4,7H2,(H,15,21)(H,16,18)(H,19,20);1H4. The van der Waals surface area contributed by atoms with E-state index in [0.29, 0.717) is 30.6 Å². The van der Waals surface area contributed by atoms with Crippen molar-refractivity contribution in [3.63, 3.8) is 0 Å². The van der Waals surface area contributed by atoms with Gasteiger partial charge in [-0.2, -0.15) is 0 Å². The molecule has 0 atom stereocenters. The fourth-order valence-electron chi connectivity index (χ4n) is 3.09. The van der Waals surface area contributed by atoms with E-state index in [2.05, 4.69) is 9.97 Å². The fraction of sp³-hybridized carbons (Fsp3) is 0.533. The maximum atomic E-state index is 12.0. The first-order valence-corrected chi connectivity index (χ1v) is 7.09. The minimum atomic E-state index is -0.734. The Balaban J connectivity index is 0.00000176. The molecule has 7 heteroatoms.